The Morgan fingerprint density at radius 3 is 2.55 bits per heavy atom. The molecular formula is C25H22ClN5O2. The van der Waals surface area contributed by atoms with Gasteiger partial charge in [0.2, 0.25) is 5.91 Å². The van der Waals surface area contributed by atoms with Crippen LogP contribution in [0.2, 0.25) is 0 Å². The van der Waals surface area contributed by atoms with Crippen molar-refractivity contribution in [2.45, 2.75) is 19.3 Å². The summed E-state index contributed by atoms with van der Waals surface area (Å²) in [7, 11) is 0. The number of benzene rings is 2. The van der Waals surface area contributed by atoms with Crippen LogP contribution >= 0.6 is 12.4 Å². The lowest BCUT2D eigenvalue weighted by molar-refractivity contribution is 0.100. The van der Waals surface area contributed by atoms with Crippen LogP contribution in [0.5, 0.6) is 0 Å². The molecule has 8 heteroatoms. The first kappa shape index (κ1) is 23.5. The molecule has 4 rings (SSSR count). The van der Waals surface area contributed by atoms with Gasteiger partial charge >= 0.3 is 0 Å². The number of H-pyrrole nitrogens is 1. The number of carbonyl (C=O) groups excluding carboxylic acids is 2. The highest BCUT2D eigenvalue weighted by Crippen LogP contribution is 2.32. The number of pyridine rings is 1. The smallest absolute Gasteiger partial charge is 0.256 e. The van der Waals surface area contributed by atoms with Gasteiger partial charge in [-0.25, -0.2) is 4.98 Å². The van der Waals surface area contributed by atoms with E-state index in [0.717, 1.165) is 16.6 Å². The van der Waals surface area contributed by atoms with Crippen LogP contribution in [0.15, 0.2) is 67.0 Å². The summed E-state index contributed by atoms with van der Waals surface area (Å²) in [6, 6.07) is 18.0. The second kappa shape index (κ2) is 9.15. The molecule has 0 aliphatic heterocycles. The van der Waals surface area contributed by atoms with Crippen molar-refractivity contribution in [2.24, 2.45) is 5.73 Å². The van der Waals surface area contributed by atoms with E-state index >= 15 is 0 Å². The maximum absolute atomic E-state index is 13.2. The molecule has 4 aromatic rings. The lowest BCUT2D eigenvalue weighted by Crippen LogP contribution is -2.18. The fourth-order valence-corrected chi connectivity index (χ4v) is 3.59. The minimum Gasteiger partial charge on any atom is -0.366 e. The van der Waals surface area contributed by atoms with E-state index in [1.807, 2.05) is 38.1 Å². The summed E-state index contributed by atoms with van der Waals surface area (Å²) in [6.07, 6.45) is 3.33. The molecule has 0 spiro atoms. The molecule has 2 amide bonds. The summed E-state index contributed by atoms with van der Waals surface area (Å²) in [5.41, 5.74) is 8.48. The molecule has 0 bridgehead atoms. The zero-order valence-electron chi connectivity index (χ0n) is 18.0. The predicted molar refractivity (Wildman–Crippen MR) is 130 cm³/mol. The van der Waals surface area contributed by atoms with Crippen LogP contribution in [-0.4, -0.2) is 21.8 Å². The number of aromatic amines is 1. The quantitative estimate of drug-likeness (QED) is 0.396. The number of nitrogens with one attached hydrogen (secondary N) is 2. The highest BCUT2D eigenvalue weighted by atomic mass is 35.5. The molecule has 0 unspecified atom stereocenters. The average molecular weight is 460 g/mol. The topological polar surface area (TPSA) is 125 Å². The van der Waals surface area contributed by atoms with Gasteiger partial charge in [0.25, 0.3) is 5.91 Å². The summed E-state index contributed by atoms with van der Waals surface area (Å²) < 4.78 is 0. The van der Waals surface area contributed by atoms with Crippen molar-refractivity contribution < 1.29 is 9.59 Å². The summed E-state index contributed by atoms with van der Waals surface area (Å²) in [4.78, 5) is 32.7. The van der Waals surface area contributed by atoms with Gasteiger partial charge in [-0.05, 0) is 55.3 Å². The third-order valence-corrected chi connectivity index (χ3v) is 5.38. The second-order valence-electron chi connectivity index (χ2n) is 8.00. The second-order valence-corrected chi connectivity index (χ2v) is 8.00. The van der Waals surface area contributed by atoms with E-state index in [-0.39, 0.29) is 18.0 Å². The molecular weight excluding hydrogens is 438 g/mol. The highest BCUT2D eigenvalue weighted by Gasteiger charge is 2.23. The molecule has 166 valence electrons. The number of aromatic nitrogens is 2. The molecule has 0 atom stereocenters. The minimum absolute atomic E-state index is 0. The number of nitrogens with zero attached hydrogens (tertiary/aromatic N) is 2. The molecule has 0 saturated carbocycles. The third-order valence-electron chi connectivity index (χ3n) is 5.38. The van der Waals surface area contributed by atoms with Crippen molar-refractivity contribution in [3.8, 4) is 17.2 Å². The first-order valence-electron chi connectivity index (χ1n) is 9.99. The molecule has 0 radical (unpaired) electrons. The average Bonchev–Trinajstić information content (AvgIpc) is 3.26. The largest absolute Gasteiger partial charge is 0.366 e. The summed E-state index contributed by atoms with van der Waals surface area (Å²) in [6.45, 7) is 3.62. The maximum Gasteiger partial charge on any atom is 0.256 e. The maximum atomic E-state index is 13.2. The standard InChI is InChI=1S/C25H21N5O2.ClH/c1-25(2,14-26)17-6-3-5-15(11-17)21-19(22(27)31)7-4-8-20(21)24(32)30-18-12-16-9-10-28-23(16)29-13-18;/h3-13H,1-2H3,(H2,27,31)(H,28,29)(H,30,32);1H. The van der Waals surface area contributed by atoms with Gasteiger partial charge in [-0.2, -0.15) is 5.26 Å². The number of halogens is 1. The number of nitriles is 1. The van der Waals surface area contributed by atoms with Crippen LogP contribution < -0.4 is 11.1 Å². The van der Waals surface area contributed by atoms with Crippen LogP contribution in [0.3, 0.4) is 0 Å². The predicted octanol–water partition coefficient (Wildman–Crippen LogP) is 4.80. The van der Waals surface area contributed by atoms with E-state index in [2.05, 4.69) is 21.4 Å². The fraction of sp³-hybridized carbons (Fsp3) is 0.120. The van der Waals surface area contributed by atoms with Gasteiger partial charge in [0.15, 0.2) is 0 Å². The van der Waals surface area contributed by atoms with Crippen LogP contribution in [-0.2, 0) is 5.41 Å². The Morgan fingerprint density at radius 1 is 1.09 bits per heavy atom. The van der Waals surface area contributed by atoms with Crippen LogP contribution in [0.1, 0.15) is 40.1 Å². The highest BCUT2D eigenvalue weighted by molar-refractivity contribution is 6.13. The van der Waals surface area contributed by atoms with Crippen molar-refractivity contribution in [3.63, 3.8) is 0 Å². The first-order valence-corrected chi connectivity index (χ1v) is 9.99. The number of nitrogens with two attached hydrogens (primary N) is 1. The van der Waals surface area contributed by atoms with E-state index in [4.69, 9.17) is 5.73 Å². The summed E-state index contributed by atoms with van der Waals surface area (Å²) in [5, 5.41) is 13.2. The number of hydrogen-bond acceptors (Lipinski definition) is 4. The number of primary amides is 1. The Labute approximate surface area is 197 Å². The molecule has 33 heavy (non-hydrogen) atoms. The van der Waals surface area contributed by atoms with Gasteiger partial charge in [0.05, 0.1) is 23.4 Å². The molecule has 0 saturated heterocycles. The van der Waals surface area contributed by atoms with E-state index in [0.29, 0.717) is 22.4 Å². The van der Waals surface area contributed by atoms with E-state index < -0.39 is 17.2 Å². The summed E-state index contributed by atoms with van der Waals surface area (Å²) in [5.74, 6) is -1.04. The SMILES string of the molecule is CC(C)(C#N)c1cccc(-c2c(C(N)=O)cccc2C(=O)Nc2cnc3[nH]ccc3c2)c1.Cl. The normalized spacial score (nSPS) is 10.8. The molecule has 7 nitrogen and oxygen atoms in total. The van der Waals surface area contributed by atoms with Gasteiger partial charge in [-0.15, -0.1) is 12.4 Å². The van der Waals surface area contributed by atoms with Crippen molar-refractivity contribution >= 4 is 40.9 Å². The number of fused-ring (bicyclic) bond motifs is 1. The number of anilines is 1. The van der Waals surface area contributed by atoms with Gasteiger partial charge in [0.1, 0.15) is 5.65 Å². The minimum atomic E-state index is -0.738. The molecule has 0 fully saturated rings. The number of amides is 2. The van der Waals surface area contributed by atoms with Crippen LogP contribution in [0, 0.1) is 11.3 Å². The Morgan fingerprint density at radius 2 is 1.82 bits per heavy atom. The molecule has 0 aliphatic carbocycles. The Bertz CT molecular complexity index is 1400. The zero-order chi connectivity index (χ0) is 22.9. The molecule has 0 aliphatic rings. The van der Waals surface area contributed by atoms with Gasteiger partial charge in [-0.3, -0.25) is 9.59 Å². The first-order chi connectivity index (χ1) is 15.3. The molecule has 4 N–H and O–H groups in total. The van der Waals surface area contributed by atoms with Crippen molar-refractivity contribution in [3.05, 3.63) is 83.7 Å². The van der Waals surface area contributed by atoms with Crippen LogP contribution in [0.4, 0.5) is 5.69 Å². The van der Waals surface area contributed by atoms with Crippen molar-refractivity contribution in [1.82, 2.24) is 9.97 Å². The number of rotatable bonds is 5. The molecule has 2 aromatic carbocycles. The Kier molecular flexibility index (Phi) is 6.52. The lowest BCUT2D eigenvalue weighted by atomic mass is 9.83. The van der Waals surface area contributed by atoms with E-state index in [9.17, 15) is 14.9 Å². The van der Waals surface area contributed by atoms with Crippen molar-refractivity contribution in [2.75, 3.05) is 5.32 Å². The van der Waals surface area contributed by atoms with Gasteiger partial charge in [0, 0.05) is 28.3 Å². The van der Waals surface area contributed by atoms with Gasteiger partial charge < -0.3 is 16.0 Å². The fourth-order valence-electron chi connectivity index (χ4n) is 3.59. The third kappa shape index (κ3) is 4.56. The van der Waals surface area contributed by atoms with Gasteiger partial charge in [-0.1, -0.05) is 24.3 Å². The number of carbonyl (C=O) groups is 2. The Hall–Kier alpha value is -4.15. The lowest BCUT2D eigenvalue weighted by Gasteiger charge is -2.19. The van der Waals surface area contributed by atoms with E-state index in [1.165, 1.54) is 0 Å². The molecule has 2 heterocycles. The monoisotopic (exact) mass is 459 g/mol. The zero-order valence-corrected chi connectivity index (χ0v) is 18.9. The molecule has 2 aromatic heterocycles. The van der Waals surface area contributed by atoms with Crippen molar-refractivity contribution in [1.29, 1.82) is 5.26 Å². The summed E-state index contributed by atoms with van der Waals surface area (Å²) >= 11 is 0. The van der Waals surface area contributed by atoms with Crippen LogP contribution in [0.25, 0.3) is 22.2 Å². The van der Waals surface area contributed by atoms with E-state index in [1.54, 1.807) is 42.7 Å². The Balaban J connectivity index is 0.00000306. The number of hydrogen-bond donors (Lipinski definition) is 3.